The maximum Gasteiger partial charge on any atom is 0.337 e. The van der Waals surface area contributed by atoms with Crippen LogP contribution < -0.4 is 0 Å². The lowest BCUT2D eigenvalue weighted by molar-refractivity contribution is -0.141. The van der Waals surface area contributed by atoms with E-state index in [1.165, 1.54) is 37.2 Å². The maximum atomic E-state index is 12.9. The van der Waals surface area contributed by atoms with Gasteiger partial charge in [0.15, 0.2) is 0 Å². The topological polar surface area (TPSA) is 67.3 Å². The van der Waals surface area contributed by atoms with Crippen molar-refractivity contribution in [3.8, 4) is 0 Å². The molecular weight excluding hydrogens is 310 g/mol. The largest absolute Gasteiger partial charge is 0.478 e. The molecule has 1 heterocycles. The van der Waals surface area contributed by atoms with Gasteiger partial charge < -0.3 is 5.11 Å². The first-order valence-electron chi connectivity index (χ1n) is 8.39. The summed E-state index contributed by atoms with van der Waals surface area (Å²) >= 11 is 1.44. The van der Waals surface area contributed by atoms with E-state index in [0.717, 1.165) is 42.0 Å². The molecule has 1 aromatic rings. The van der Waals surface area contributed by atoms with Crippen molar-refractivity contribution in [1.82, 2.24) is 4.98 Å². The van der Waals surface area contributed by atoms with Crippen LogP contribution in [0.25, 0.3) is 0 Å². The highest BCUT2D eigenvalue weighted by Crippen LogP contribution is 2.60. The monoisotopic (exact) mass is 331 g/mol. The summed E-state index contributed by atoms with van der Waals surface area (Å²) in [5.41, 5.74) is 0.129. The molecule has 0 saturated heterocycles. The van der Waals surface area contributed by atoms with Crippen molar-refractivity contribution in [2.75, 3.05) is 5.75 Å². The molecule has 0 amide bonds. The predicted molar refractivity (Wildman–Crippen MR) is 87.5 cm³/mol. The third-order valence-electron chi connectivity index (χ3n) is 5.96. The van der Waals surface area contributed by atoms with Gasteiger partial charge in [0, 0.05) is 11.6 Å². The third-order valence-corrected chi connectivity index (χ3v) is 6.91. The molecule has 1 aromatic heterocycles. The van der Waals surface area contributed by atoms with Gasteiger partial charge in [0.1, 0.15) is 5.78 Å². The second-order valence-corrected chi connectivity index (χ2v) is 8.60. The van der Waals surface area contributed by atoms with Crippen LogP contribution >= 0.6 is 11.8 Å². The summed E-state index contributed by atoms with van der Waals surface area (Å²) in [5.74, 6) is 2.23. The Bertz CT molecular complexity index is 605. The number of nitrogens with zero attached hydrogens (tertiary/aromatic N) is 1. The van der Waals surface area contributed by atoms with Gasteiger partial charge >= 0.3 is 5.97 Å². The second-order valence-electron chi connectivity index (χ2n) is 7.60. The number of rotatable bonds is 5. The van der Waals surface area contributed by atoms with Crippen LogP contribution in [-0.4, -0.2) is 27.6 Å². The fourth-order valence-electron chi connectivity index (χ4n) is 5.34. The van der Waals surface area contributed by atoms with Gasteiger partial charge in [-0.3, -0.25) is 4.79 Å². The third kappa shape index (κ3) is 2.80. The van der Waals surface area contributed by atoms with Crippen molar-refractivity contribution >= 4 is 23.5 Å². The molecule has 0 unspecified atom stereocenters. The predicted octanol–water partition coefficient (Wildman–Crippen LogP) is 3.66. The Balaban J connectivity index is 1.41. The van der Waals surface area contributed by atoms with Crippen LogP contribution in [0.15, 0.2) is 23.4 Å². The highest BCUT2D eigenvalue weighted by atomic mass is 32.2. The maximum absolute atomic E-state index is 12.9. The van der Waals surface area contributed by atoms with Crippen molar-refractivity contribution < 1.29 is 14.7 Å². The SMILES string of the molecule is O=C(O)c1ccc(SCC(=O)C23CC4CC(CC(C4)C2)C3)nc1. The van der Waals surface area contributed by atoms with E-state index in [0.29, 0.717) is 11.5 Å². The smallest absolute Gasteiger partial charge is 0.337 e. The van der Waals surface area contributed by atoms with Gasteiger partial charge in [-0.15, -0.1) is 0 Å². The van der Waals surface area contributed by atoms with E-state index in [-0.39, 0.29) is 11.0 Å². The van der Waals surface area contributed by atoms with Crippen LogP contribution in [0.2, 0.25) is 0 Å². The molecule has 5 rings (SSSR count). The first-order chi connectivity index (χ1) is 11.0. The summed E-state index contributed by atoms with van der Waals surface area (Å²) in [4.78, 5) is 27.9. The molecule has 4 fully saturated rings. The minimum absolute atomic E-state index is 0.0528. The Morgan fingerprint density at radius 3 is 2.22 bits per heavy atom. The van der Waals surface area contributed by atoms with Crippen molar-refractivity contribution in [3.05, 3.63) is 23.9 Å². The molecule has 0 radical (unpaired) electrons. The molecular formula is C18H21NO3S. The summed E-state index contributed by atoms with van der Waals surface area (Å²) in [6.45, 7) is 0. The van der Waals surface area contributed by atoms with Crippen LogP contribution in [0.4, 0.5) is 0 Å². The van der Waals surface area contributed by atoms with E-state index in [1.54, 1.807) is 12.1 Å². The highest BCUT2D eigenvalue weighted by Gasteiger charge is 2.53. The van der Waals surface area contributed by atoms with Crippen molar-refractivity contribution in [3.63, 3.8) is 0 Å². The lowest BCUT2D eigenvalue weighted by Gasteiger charge is -2.56. The minimum atomic E-state index is -0.973. The number of carbonyl (C=O) groups is 2. The van der Waals surface area contributed by atoms with Crippen LogP contribution in [0.5, 0.6) is 0 Å². The number of carboxylic acids is 1. The van der Waals surface area contributed by atoms with Crippen molar-refractivity contribution in [1.29, 1.82) is 0 Å². The van der Waals surface area contributed by atoms with Gasteiger partial charge in [-0.25, -0.2) is 9.78 Å². The van der Waals surface area contributed by atoms with Gasteiger partial charge in [0.05, 0.1) is 16.3 Å². The summed E-state index contributed by atoms with van der Waals surface area (Å²) in [5, 5.41) is 9.62. The van der Waals surface area contributed by atoms with Crippen molar-refractivity contribution in [2.24, 2.45) is 23.2 Å². The molecule has 4 aliphatic carbocycles. The lowest BCUT2D eigenvalue weighted by Crippen LogP contribution is -2.50. The van der Waals surface area contributed by atoms with Crippen LogP contribution in [0, 0.1) is 23.2 Å². The molecule has 4 bridgehead atoms. The average Bonchev–Trinajstić information content (AvgIpc) is 2.51. The van der Waals surface area contributed by atoms with E-state index < -0.39 is 5.97 Å². The quantitative estimate of drug-likeness (QED) is 0.834. The van der Waals surface area contributed by atoms with Gasteiger partial charge in [0.25, 0.3) is 0 Å². The Labute approximate surface area is 140 Å². The molecule has 0 atom stereocenters. The lowest BCUT2D eigenvalue weighted by atomic mass is 9.48. The fraction of sp³-hybridized carbons (Fsp3) is 0.611. The Kier molecular flexibility index (Phi) is 3.71. The number of hydrogen-bond donors (Lipinski definition) is 1. The van der Waals surface area contributed by atoms with Gasteiger partial charge in [-0.2, -0.15) is 0 Å². The van der Waals surface area contributed by atoms with Crippen LogP contribution in [0.3, 0.4) is 0 Å². The molecule has 0 aromatic carbocycles. The summed E-state index contributed by atoms with van der Waals surface area (Å²) < 4.78 is 0. The average molecular weight is 331 g/mol. The molecule has 4 nitrogen and oxygen atoms in total. The zero-order chi connectivity index (χ0) is 16.0. The number of aromatic carboxylic acids is 1. The number of Topliss-reactive ketones (excluding diaryl/α,β-unsaturated/α-hetero) is 1. The number of thioether (sulfide) groups is 1. The van der Waals surface area contributed by atoms with Crippen LogP contribution in [0.1, 0.15) is 48.9 Å². The molecule has 23 heavy (non-hydrogen) atoms. The molecule has 122 valence electrons. The van der Waals surface area contributed by atoms with Crippen LogP contribution in [-0.2, 0) is 4.79 Å². The van der Waals surface area contributed by atoms with E-state index >= 15 is 0 Å². The Hall–Kier alpha value is -1.36. The van der Waals surface area contributed by atoms with Gasteiger partial charge in [0.2, 0.25) is 0 Å². The highest BCUT2D eigenvalue weighted by molar-refractivity contribution is 7.99. The summed E-state index contributed by atoms with van der Waals surface area (Å²) in [6.07, 6.45) is 8.70. The molecule has 4 saturated carbocycles. The summed E-state index contributed by atoms with van der Waals surface area (Å²) in [7, 11) is 0. The normalized spacial score (nSPS) is 34.5. The van der Waals surface area contributed by atoms with E-state index in [1.807, 2.05) is 0 Å². The Morgan fingerprint density at radius 2 is 1.74 bits per heavy atom. The zero-order valence-electron chi connectivity index (χ0n) is 13.0. The van der Waals surface area contributed by atoms with Crippen molar-refractivity contribution in [2.45, 2.75) is 43.6 Å². The number of hydrogen-bond acceptors (Lipinski definition) is 4. The standard InChI is InChI=1S/C18H21NO3S/c20-15(10-23-16-2-1-14(9-19-16)17(21)22)18-6-11-3-12(7-18)5-13(4-11)8-18/h1-2,9,11-13H,3-8,10H2,(H,21,22). The summed E-state index contributed by atoms with van der Waals surface area (Å²) in [6, 6.07) is 3.24. The number of carbonyl (C=O) groups excluding carboxylic acids is 1. The second kappa shape index (κ2) is 5.62. The molecule has 0 spiro atoms. The first-order valence-corrected chi connectivity index (χ1v) is 9.38. The first kappa shape index (κ1) is 15.2. The number of aromatic nitrogens is 1. The number of ketones is 1. The molecule has 1 N–H and O–H groups in total. The van der Waals surface area contributed by atoms with E-state index in [4.69, 9.17) is 5.11 Å². The van der Waals surface area contributed by atoms with E-state index in [9.17, 15) is 9.59 Å². The minimum Gasteiger partial charge on any atom is -0.478 e. The zero-order valence-corrected chi connectivity index (χ0v) is 13.8. The number of pyridine rings is 1. The molecule has 0 aliphatic heterocycles. The fourth-order valence-corrected chi connectivity index (χ4v) is 6.21. The Morgan fingerprint density at radius 1 is 1.13 bits per heavy atom. The molecule has 4 aliphatic rings. The number of carboxylic acid groups (broad SMARTS) is 1. The van der Waals surface area contributed by atoms with E-state index in [2.05, 4.69) is 4.98 Å². The van der Waals surface area contributed by atoms with Gasteiger partial charge in [-0.05, 0) is 68.4 Å². The molecule has 5 heteroatoms. The van der Waals surface area contributed by atoms with Gasteiger partial charge in [-0.1, -0.05) is 11.8 Å².